The number of nitrogens with zero attached hydrogens (tertiary/aromatic N) is 3. The summed E-state index contributed by atoms with van der Waals surface area (Å²) in [4.78, 5) is 9.65. The number of fused-ring (bicyclic) bond motifs is 5. The van der Waals surface area contributed by atoms with Gasteiger partial charge in [0, 0.05) is 29.0 Å². The number of aromatic nitrogens is 3. The summed E-state index contributed by atoms with van der Waals surface area (Å²) in [6.45, 7) is 0. The average molecular weight is 714 g/mol. The predicted molar refractivity (Wildman–Crippen MR) is 230 cm³/mol. The van der Waals surface area contributed by atoms with E-state index in [9.17, 15) is 0 Å². The van der Waals surface area contributed by atoms with Crippen LogP contribution >= 0.6 is 0 Å². The number of imidazole rings is 1. The lowest BCUT2D eigenvalue weighted by Gasteiger charge is -2.34. The Hall–Kier alpha value is -7.36. The standard InChI is InChI=1S/C53H35N3/c1-4-16-39(17-5-1)53(40-18-6-2-7-19-40)48-24-11-10-22-44(48)47-33-45(46(34-49(47)53)43-23-14-15-38-35-54-32-31-42(38)43)36-27-29-37(30-28-36)52-55-50-25-12-13-26-51(50)56(52)41-20-8-3-9-21-41/h1-35H. The zero-order valence-electron chi connectivity index (χ0n) is 30.5. The minimum absolute atomic E-state index is 0.506. The predicted octanol–water partition coefficient (Wildman–Crippen LogP) is 12.9. The molecule has 0 saturated carbocycles. The molecular weight excluding hydrogens is 679 g/mol. The van der Waals surface area contributed by atoms with E-state index >= 15 is 0 Å². The molecule has 8 aromatic carbocycles. The highest BCUT2D eigenvalue weighted by atomic mass is 15.1. The van der Waals surface area contributed by atoms with E-state index in [1.54, 1.807) is 0 Å². The lowest BCUT2D eigenvalue weighted by molar-refractivity contribution is 0.769. The Balaban J connectivity index is 1.18. The molecule has 1 aliphatic carbocycles. The van der Waals surface area contributed by atoms with Crippen LogP contribution in [0.2, 0.25) is 0 Å². The maximum absolute atomic E-state index is 5.16. The maximum Gasteiger partial charge on any atom is 0.145 e. The summed E-state index contributed by atoms with van der Waals surface area (Å²) in [5.74, 6) is 0.920. The van der Waals surface area contributed by atoms with Crippen LogP contribution in [0.5, 0.6) is 0 Å². The molecular formula is C53H35N3. The third-order valence-electron chi connectivity index (χ3n) is 11.6. The van der Waals surface area contributed by atoms with Crippen LogP contribution in [0, 0.1) is 0 Å². The third kappa shape index (κ3) is 4.84. The quantitative estimate of drug-likeness (QED) is 0.172. The summed E-state index contributed by atoms with van der Waals surface area (Å²) in [5.41, 5.74) is 16.0. The summed E-state index contributed by atoms with van der Waals surface area (Å²) >= 11 is 0. The molecule has 1 aliphatic rings. The van der Waals surface area contributed by atoms with Crippen molar-refractivity contribution in [2.24, 2.45) is 0 Å². The van der Waals surface area contributed by atoms with Crippen LogP contribution in [0.4, 0.5) is 0 Å². The van der Waals surface area contributed by atoms with Gasteiger partial charge in [0.2, 0.25) is 0 Å². The molecule has 262 valence electrons. The minimum Gasteiger partial charge on any atom is -0.292 e. The van der Waals surface area contributed by atoms with Crippen molar-refractivity contribution < 1.29 is 0 Å². The molecule has 0 amide bonds. The van der Waals surface area contributed by atoms with E-state index in [2.05, 4.69) is 210 Å². The van der Waals surface area contributed by atoms with Gasteiger partial charge in [0.25, 0.3) is 0 Å². The molecule has 10 aromatic rings. The van der Waals surface area contributed by atoms with Crippen molar-refractivity contribution in [2.75, 3.05) is 0 Å². The first-order valence-electron chi connectivity index (χ1n) is 19.2. The average Bonchev–Trinajstić information content (AvgIpc) is 3.81. The summed E-state index contributed by atoms with van der Waals surface area (Å²) in [5, 5.41) is 2.30. The van der Waals surface area contributed by atoms with Crippen molar-refractivity contribution in [3.8, 4) is 50.5 Å². The molecule has 0 saturated heterocycles. The van der Waals surface area contributed by atoms with Gasteiger partial charge in [-0.15, -0.1) is 0 Å². The fourth-order valence-electron chi connectivity index (χ4n) is 9.16. The second-order valence-corrected chi connectivity index (χ2v) is 14.5. The fraction of sp³-hybridized carbons (Fsp3) is 0.0189. The molecule has 0 spiro atoms. The van der Waals surface area contributed by atoms with Crippen LogP contribution in [0.3, 0.4) is 0 Å². The van der Waals surface area contributed by atoms with Gasteiger partial charge in [-0.1, -0.05) is 158 Å². The second-order valence-electron chi connectivity index (χ2n) is 14.5. The van der Waals surface area contributed by atoms with E-state index in [1.807, 2.05) is 12.4 Å². The molecule has 2 aromatic heterocycles. The highest BCUT2D eigenvalue weighted by Crippen LogP contribution is 2.58. The van der Waals surface area contributed by atoms with E-state index in [-0.39, 0.29) is 0 Å². The van der Waals surface area contributed by atoms with Gasteiger partial charge in [-0.2, -0.15) is 0 Å². The van der Waals surface area contributed by atoms with Crippen LogP contribution in [0.15, 0.2) is 213 Å². The van der Waals surface area contributed by atoms with Crippen LogP contribution in [0.1, 0.15) is 22.3 Å². The molecule has 56 heavy (non-hydrogen) atoms. The van der Waals surface area contributed by atoms with Gasteiger partial charge >= 0.3 is 0 Å². The lowest BCUT2D eigenvalue weighted by atomic mass is 9.67. The van der Waals surface area contributed by atoms with Crippen LogP contribution in [-0.4, -0.2) is 14.5 Å². The second kappa shape index (κ2) is 12.9. The molecule has 0 atom stereocenters. The van der Waals surface area contributed by atoms with Gasteiger partial charge in [-0.25, -0.2) is 4.98 Å². The fourth-order valence-corrected chi connectivity index (χ4v) is 9.16. The van der Waals surface area contributed by atoms with Gasteiger partial charge in [0.05, 0.1) is 16.4 Å². The molecule has 0 fully saturated rings. The number of para-hydroxylation sites is 3. The number of hydrogen-bond acceptors (Lipinski definition) is 2. The molecule has 0 bridgehead atoms. The third-order valence-corrected chi connectivity index (χ3v) is 11.6. The molecule has 11 rings (SSSR count). The monoisotopic (exact) mass is 713 g/mol. The van der Waals surface area contributed by atoms with Crippen molar-refractivity contribution in [3.05, 3.63) is 235 Å². The van der Waals surface area contributed by atoms with Crippen LogP contribution in [-0.2, 0) is 5.41 Å². The Labute approximate surface area is 325 Å². The highest BCUT2D eigenvalue weighted by Gasteiger charge is 2.46. The molecule has 0 aliphatic heterocycles. The SMILES string of the molecule is c1ccc(-n2c(-c3ccc(-c4cc5c(cc4-c4cccc6cnccc46)C(c4ccccc4)(c4ccccc4)c4ccccc4-5)cc3)nc3ccccc32)cc1. The minimum atomic E-state index is -0.506. The smallest absolute Gasteiger partial charge is 0.145 e. The summed E-state index contributed by atoms with van der Waals surface area (Å²) in [6, 6.07) is 72.6. The Morgan fingerprint density at radius 1 is 0.429 bits per heavy atom. The van der Waals surface area contributed by atoms with Crippen molar-refractivity contribution >= 4 is 21.8 Å². The molecule has 0 radical (unpaired) electrons. The molecule has 3 heteroatoms. The molecule has 3 nitrogen and oxygen atoms in total. The molecule has 0 N–H and O–H groups in total. The summed E-state index contributed by atoms with van der Waals surface area (Å²) in [7, 11) is 0. The Morgan fingerprint density at radius 3 is 1.84 bits per heavy atom. The van der Waals surface area contributed by atoms with Crippen molar-refractivity contribution in [3.63, 3.8) is 0 Å². The number of pyridine rings is 1. The zero-order chi connectivity index (χ0) is 37.1. The van der Waals surface area contributed by atoms with E-state index in [0.717, 1.165) is 39.1 Å². The van der Waals surface area contributed by atoms with E-state index < -0.39 is 5.41 Å². The largest absolute Gasteiger partial charge is 0.292 e. The topological polar surface area (TPSA) is 30.7 Å². The first-order chi connectivity index (χ1) is 27.8. The number of rotatable bonds is 6. The van der Waals surface area contributed by atoms with Gasteiger partial charge in [-0.05, 0) is 103 Å². The van der Waals surface area contributed by atoms with Crippen molar-refractivity contribution in [2.45, 2.75) is 5.41 Å². The van der Waals surface area contributed by atoms with Gasteiger partial charge < -0.3 is 0 Å². The zero-order valence-corrected chi connectivity index (χ0v) is 30.5. The Kier molecular flexibility index (Phi) is 7.39. The van der Waals surface area contributed by atoms with E-state index in [0.29, 0.717) is 0 Å². The Morgan fingerprint density at radius 2 is 1.07 bits per heavy atom. The maximum atomic E-state index is 5.16. The normalized spacial score (nSPS) is 12.8. The molecule has 0 unspecified atom stereocenters. The Bertz CT molecular complexity index is 3010. The number of hydrogen-bond donors (Lipinski definition) is 0. The van der Waals surface area contributed by atoms with Crippen molar-refractivity contribution in [1.29, 1.82) is 0 Å². The van der Waals surface area contributed by atoms with Gasteiger partial charge in [0.15, 0.2) is 0 Å². The van der Waals surface area contributed by atoms with E-state index in [4.69, 9.17) is 4.98 Å². The molecule has 2 heterocycles. The van der Waals surface area contributed by atoms with Gasteiger partial charge in [0.1, 0.15) is 5.82 Å². The summed E-state index contributed by atoms with van der Waals surface area (Å²) in [6.07, 6.45) is 3.87. The van der Waals surface area contributed by atoms with Crippen molar-refractivity contribution in [1.82, 2.24) is 14.5 Å². The number of benzene rings is 8. The summed E-state index contributed by atoms with van der Waals surface area (Å²) < 4.78 is 2.26. The van der Waals surface area contributed by atoms with Crippen LogP contribution < -0.4 is 0 Å². The first-order valence-corrected chi connectivity index (χ1v) is 19.2. The highest BCUT2D eigenvalue weighted by molar-refractivity contribution is 6.03. The lowest BCUT2D eigenvalue weighted by Crippen LogP contribution is -2.28. The van der Waals surface area contributed by atoms with Crippen LogP contribution in [0.25, 0.3) is 72.3 Å². The first kappa shape index (κ1) is 32.1. The van der Waals surface area contributed by atoms with E-state index in [1.165, 1.54) is 55.5 Å². The van der Waals surface area contributed by atoms with Gasteiger partial charge in [-0.3, -0.25) is 9.55 Å².